The van der Waals surface area contributed by atoms with E-state index in [1.165, 1.54) is 12.0 Å². The average molecular weight is 235 g/mol. The van der Waals surface area contributed by atoms with Crippen LogP contribution in [0.2, 0.25) is 0 Å². The molecule has 0 saturated carbocycles. The summed E-state index contributed by atoms with van der Waals surface area (Å²) in [5.41, 5.74) is 0. The first-order valence-electron chi connectivity index (χ1n) is 4.94. The number of likely N-dealkylation sites (tertiary alicyclic amines) is 1. The molecule has 15 heavy (non-hydrogen) atoms. The number of aliphatic hydroxyl groups is 1. The Labute approximate surface area is 93.6 Å². The maximum atomic E-state index is 10.7. The van der Waals surface area contributed by atoms with Gasteiger partial charge in [-0.1, -0.05) is 0 Å². The van der Waals surface area contributed by atoms with Gasteiger partial charge in [0.25, 0.3) is 0 Å². The molecule has 0 aliphatic carbocycles. The zero-order valence-electron chi connectivity index (χ0n) is 8.76. The van der Waals surface area contributed by atoms with E-state index in [1.807, 2.05) is 11.2 Å². The molecule has 2 N–H and O–H groups in total. The molecule has 0 spiro atoms. The molecule has 6 heteroatoms. The van der Waals surface area contributed by atoms with Crippen molar-refractivity contribution in [3.8, 4) is 0 Å². The molecule has 1 rings (SSSR count). The summed E-state index contributed by atoms with van der Waals surface area (Å²) in [6.07, 6.45) is 1.99. The van der Waals surface area contributed by atoms with Crippen LogP contribution in [0.15, 0.2) is 0 Å². The van der Waals surface area contributed by atoms with Crippen LogP contribution in [0.25, 0.3) is 0 Å². The molecular formula is C9H17NO4S. The van der Waals surface area contributed by atoms with Gasteiger partial charge in [0, 0.05) is 25.9 Å². The number of hydrogen-bond donors (Lipinski definition) is 2. The van der Waals surface area contributed by atoms with Gasteiger partial charge in [-0.25, -0.2) is 0 Å². The van der Waals surface area contributed by atoms with Gasteiger partial charge in [0.05, 0.1) is 18.6 Å². The minimum atomic E-state index is -0.912. The molecule has 5 nitrogen and oxygen atoms in total. The number of aliphatic hydroxyl groups excluding tert-OH is 1. The highest BCUT2D eigenvalue weighted by Crippen LogP contribution is 2.17. The lowest BCUT2D eigenvalue weighted by molar-refractivity contribution is -0.143. The first-order valence-corrected chi connectivity index (χ1v) is 6.09. The molecule has 1 heterocycles. The van der Waals surface area contributed by atoms with Gasteiger partial charge in [-0.2, -0.15) is 0 Å². The van der Waals surface area contributed by atoms with Crippen molar-refractivity contribution in [2.45, 2.75) is 12.5 Å². The monoisotopic (exact) mass is 235 g/mol. The van der Waals surface area contributed by atoms with E-state index in [0.29, 0.717) is 19.7 Å². The summed E-state index contributed by atoms with van der Waals surface area (Å²) in [5, 5.41) is 18.3. The molecule has 0 radical (unpaired) electrons. The molecule has 0 aromatic carbocycles. The molecule has 0 aromatic rings. The summed E-state index contributed by atoms with van der Waals surface area (Å²) < 4.78 is 5.11. The number of carboxylic acid groups (broad SMARTS) is 1. The summed E-state index contributed by atoms with van der Waals surface area (Å²) in [4.78, 5) is 12.7. The van der Waals surface area contributed by atoms with Crippen molar-refractivity contribution in [2.75, 3.05) is 32.5 Å². The summed E-state index contributed by atoms with van der Waals surface area (Å²) >= 11 is 1.33. The van der Waals surface area contributed by atoms with E-state index >= 15 is 0 Å². The molecule has 0 aromatic heterocycles. The molecular weight excluding hydrogens is 218 g/mol. The fourth-order valence-electron chi connectivity index (χ4n) is 1.72. The van der Waals surface area contributed by atoms with Gasteiger partial charge in [0.1, 0.15) is 0 Å². The largest absolute Gasteiger partial charge is 0.481 e. The number of β-amino-alcohol motifs (C(OH)–C–C–N with tert-alkyl or cyclic N) is 1. The van der Waals surface area contributed by atoms with Crippen molar-refractivity contribution >= 4 is 18.0 Å². The first-order chi connectivity index (χ1) is 7.15. The van der Waals surface area contributed by atoms with E-state index in [4.69, 9.17) is 9.29 Å². The molecule has 2 atom stereocenters. The average Bonchev–Trinajstić information content (AvgIpc) is 2.55. The Morgan fingerprint density at radius 2 is 2.33 bits per heavy atom. The molecule has 88 valence electrons. The van der Waals surface area contributed by atoms with Crippen LogP contribution in [0.5, 0.6) is 0 Å². The molecule has 1 aliphatic rings. The Morgan fingerprint density at radius 3 is 2.87 bits per heavy atom. The van der Waals surface area contributed by atoms with Crippen LogP contribution in [0.1, 0.15) is 6.42 Å². The summed E-state index contributed by atoms with van der Waals surface area (Å²) in [7, 11) is 0. The molecule has 1 aliphatic heterocycles. The SMILES string of the molecule is CSOCCCN1CC(O)C(C(=O)O)C1. The second kappa shape index (κ2) is 6.32. The van der Waals surface area contributed by atoms with Crippen molar-refractivity contribution in [3.63, 3.8) is 0 Å². The molecule has 1 saturated heterocycles. The van der Waals surface area contributed by atoms with Crippen LogP contribution in [0.3, 0.4) is 0 Å². The summed E-state index contributed by atoms with van der Waals surface area (Å²) in [6.45, 7) is 2.33. The maximum Gasteiger partial charge on any atom is 0.310 e. The van der Waals surface area contributed by atoms with Gasteiger partial charge in [-0.3, -0.25) is 9.69 Å². The van der Waals surface area contributed by atoms with Crippen LogP contribution in [0, 0.1) is 5.92 Å². The van der Waals surface area contributed by atoms with Crippen LogP contribution in [0.4, 0.5) is 0 Å². The normalized spacial score (nSPS) is 27.1. The second-order valence-electron chi connectivity index (χ2n) is 3.61. The lowest BCUT2D eigenvalue weighted by atomic mass is 10.1. The summed E-state index contributed by atoms with van der Waals surface area (Å²) in [6, 6.07) is 0. The standard InChI is InChI=1S/C9H17NO4S/c1-15-14-4-2-3-10-5-7(9(12)13)8(11)6-10/h7-8,11H,2-6H2,1H3,(H,12,13). The van der Waals surface area contributed by atoms with Crippen molar-refractivity contribution in [3.05, 3.63) is 0 Å². The van der Waals surface area contributed by atoms with E-state index in [1.54, 1.807) is 0 Å². The van der Waals surface area contributed by atoms with Gasteiger partial charge >= 0.3 is 5.97 Å². The van der Waals surface area contributed by atoms with E-state index < -0.39 is 18.0 Å². The zero-order valence-corrected chi connectivity index (χ0v) is 9.57. The predicted molar refractivity (Wildman–Crippen MR) is 57.7 cm³/mol. The van der Waals surface area contributed by atoms with Crippen LogP contribution < -0.4 is 0 Å². The van der Waals surface area contributed by atoms with E-state index in [9.17, 15) is 9.90 Å². The highest BCUT2D eigenvalue weighted by molar-refractivity contribution is 7.93. The first kappa shape index (κ1) is 12.8. The summed E-state index contributed by atoms with van der Waals surface area (Å²) in [5.74, 6) is -1.54. The van der Waals surface area contributed by atoms with Crippen LogP contribution in [-0.2, 0) is 8.98 Å². The Kier molecular flexibility index (Phi) is 5.38. The van der Waals surface area contributed by atoms with Gasteiger partial charge in [-0.05, 0) is 18.5 Å². The van der Waals surface area contributed by atoms with Crippen molar-refractivity contribution in [1.82, 2.24) is 4.90 Å². The van der Waals surface area contributed by atoms with Gasteiger partial charge < -0.3 is 14.4 Å². The van der Waals surface area contributed by atoms with Crippen molar-refractivity contribution in [1.29, 1.82) is 0 Å². The lowest BCUT2D eigenvalue weighted by Gasteiger charge is -2.13. The Hall–Kier alpha value is -0.300. The zero-order chi connectivity index (χ0) is 11.3. The maximum absolute atomic E-state index is 10.7. The smallest absolute Gasteiger partial charge is 0.310 e. The third-order valence-corrected chi connectivity index (χ3v) is 2.90. The number of carboxylic acids is 1. The van der Waals surface area contributed by atoms with Crippen molar-refractivity contribution in [2.24, 2.45) is 5.92 Å². The van der Waals surface area contributed by atoms with Crippen LogP contribution >= 0.6 is 12.0 Å². The minimum Gasteiger partial charge on any atom is -0.481 e. The molecule has 0 amide bonds. The number of aliphatic carboxylic acids is 1. The Balaban J connectivity index is 2.20. The Morgan fingerprint density at radius 1 is 1.60 bits per heavy atom. The quantitative estimate of drug-likeness (QED) is 0.501. The highest BCUT2D eigenvalue weighted by atomic mass is 32.2. The molecule has 2 unspecified atom stereocenters. The predicted octanol–water partition coefficient (Wildman–Crippen LogP) is 0.0484. The van der Waals surface area contributed by atoms with Crippen LogP contribution in [-0.4, -0.2) is 59.7 Å². The number of rotatable bonds is 6. The second-order valence-corrected chi connectivity index (χ2v) is 4.18. The van der Waals surface area contributed by atoms with E-state index in [0.717, 1.165) is 13.0 Å². The van der Waals surface area contributed by atoms with Gasteiger partial charge in [-0.15, -0.1) is 0 Å². The van der Waals surface area contributed by atoms with E-state index in [2.05, 4.69) is 0 Å². The number of nitrogens with zero attached hydrogens (tertiary/aromatic N) is 1. The van der Waals surface area contributed by atoms with Gasteiger partial charge in [0.2, 0.25) is 0 Å². The fourth-order valence-corrected chi connectivity index (χ4v) is 2.01. The van der Waals surface area contributed by atoms with Gasteiger partial charge in [0.15, 0.2) is 0 Å². The fraction of sp³-hybridized carbons (Fsp3) is 0.889. The van der Waals surface area contributed by atoms with Crippen molar-refractivity contribution < 1.29 is 19.2 Å². The topological polar surface area (TPSA) is 70.0 Å². The van der Waals surface area contributed by atoms with E-state index in [-0.39, 0.29) is 0 Å². The molecule has 0 bridgehead atoms. The third kappa shape index (κ3) is 3.98. The third-order valence-electron chi connectivity index (χ3n) is 2.50. The number of carbonyl (C=O) groups is 1. The minimum absolute atomic E-state index is 0.440. The number of hydrogen-bond acceptors (Lipinski definition) is 5. The lowest BCUT2D eigenvalue weighted by Crippen LogP contribution is -2.26. The Bertz CT molecular complexity index is 214. The highest BCUT2D eigenvalue weighted by Gasteiger charge is 2.35. The molecule has 1 fully saturated rings.